The van der Waals surface area contributed by atoms with E-state index >= 15 is 0 Å². The van der Waals surface area contributed by atoms with Crippen LogP contribution in [-0.2, 0) is 14.0 Å². The van der Waals surface area contributed by atoms with Crippen molar-refractivity contribution in [3.63, 3.8) is 0 Å². The average Bonchev–Trinajstić information content (AvgIpc) is 2.61. The molecule has 2 atom stereocenters. The van der Waals surface area contributed by atoms with E-state index in [-0.39, 0.29) is 23.7 Å². The second-order valence-electron chi connectivity index (χ2n) is 8.74. The summed E-state index contributed by atoms with van der Waals surface area (Å²) in [6.07, 6.45) is 4.25. The minimum Gasteiger partial charge on any atom is -0.465 e. The summed E-state index contributed by atoms with van der Waals surface area (Å²) in [5, 5.41) is 10.3. The number of carbonyl (C=O) groups is 1. The Morgan fingerprint density at radius 3 is 2.54 bits per heavy atom. The molecule has 0 fully saturated rings. The Morgan fingerprint density at radius 1 is 1.32 bits per heavy atom. The van der Waals surface area contributed by atoms with Crippen molar-refractivity contribution in [2.45, 2.75) is 77.6 Å². The summed E-state index contributed by atoms with van der Waals surface area (Å²) in [6, 6.07) is 3.60. The molecule has 7 heteroatoms. The largest absolute Gasteiger partial charge is 0.465 e. The monoisotopic (exact) mass is 429 g/mol. The molecule has 0 aromatic carbocycles. The van der Waals surface area contributed by atoms with E-state index in [1.807, 2.05) is 13.0 Å². The molecule has 1 rings (SSSR count). The fraction of sp³-hybridized carbons (Fsp3) is 0.714. The van der Waals surface area contributed by atoms with Crippen LogP contribution in [0.1, 0.15) is 65.2 Å². The predicted molar refractivity (Wildman–Crippen MR) is 116 cm³/mol. The molecule has 0 bridgehead atoms. The fourth-order valence-electron chi connectivity index (χ4n) is 2.55. The topological polar surface area (TPSA) is 68.7 Å². The molecule has 0 aliphatic rings. The number of aliphatic hydroxyl groups excluding tert-OH is 1. The lowest BCUT2D eigenvalue weighted by Crippen LogP contribution is -2.42. The van der Waals surface area contributed by atoms with E-state index in [4.69, 9.17) is 20.8 Å². The van der Waals surface area contributed by atoms with Crippen LogP contribution >= 0.6 is 11.6 Å². The summed E-state index contributed by atoms with van der Waals surface area (Å²) in [5.41, 5.74) is 0.812. The molecule has 5 nitrogen and oxygen atoms in total. The lowest BCUT2D eigenvalue weighted by molar-refractivity contribution is -0.150. The third kappa shape index (κ3) is 7.82. The SMILES string of the molecule is CCCOC(=O)[C@H](CO)CCC[C@H](O[Si](C)(C)C(C)(C)C)c1cc(Cl)ccn1. The van der Waals surface area contributed by atoms with E-state index in [2.05, 4.69) is 38.8 Å². The standard InChI is InChI=1S/C21H36ClNO4Si/c1-7-13-26-20(25)16(15-24)9-8-10-19(18-14-17(22)11-12-23-18)27-28(5,6)21(2,3)4/h11-12,14,16,19,24H,7-10,13,15H2,1-6H3/t16-,19-/m0/s1. The average molecular weight is 430 g/mol. The maximum Gasteiger partial charge on any atom is 0.311 e. The van der Waals surface area contributed by atoms with Gasteiger partial charge in [0.2, 0.25) is 0 Å². The Morgan fingerprint density at radius 2 is 2.00 bits per heavy atom. The van der Waals surface area contributed by atoms with E-state index < -0.39 is 14.2 Å². The molecule has 160 valence electrons. The van der Waals surface area contributed by atoms with Crippen LogP contribution in [0.15, 0.2) is 18.3 Å². The van der Waals surface area contributed by atoms with Crippen molar-refractivity contribution >= 4 is 25.9 Å². The number of carbonyl (C=O) groups excluding carboxylic acids is 1. The summed E-state index contributed by atoms with van der Waals surface area (Å²) in [4.78, 5) is 16.5. The van der Waals surface area contributed by atoms with Crippen LogP contribution in [0.3, 0.4) is 0 Å². The summed E-state index contributed by atoms with van der Waals surface area (Å²) in [6.45, 7) is 13.2. The molecule has 0 aliphatic heterocycles. The van der Waals surface area contributed by atoms with Gasteiger partial charge in [-0.05, 0) is 55.9 Å². The zero-order valence-corrected chi connectivity index (χ0v) is 19.9. The molecule has 0 saturated heterocycles. The number of nitrogens with zero attached hydrogens (tertiary/aromatic N) is 1. The number of halogens is 1. The number of hydrogen-bond acceptors (Lipinski definition) is 5. The van der Waals surface area contributed by atoms with Crippen molar-refractivity contribution < 1.29 is 19.1 Å². The fourth-order valence-corrected chi connectivity index (χ4v) is 4.02. The summed E-state index contributed by atoms with van der Waals surface area (Å²) >= 11 is 6.17. The minimum absolute atomic E-state index is 0.0709. The Kier molecular flexibility index (Phi) is 10.1. The molecule has 0 unspecified atom stereocenters. The molecule has 0 spiro atoms. The lowest BCUT2D eigenvalue weighted by atomic mass is 10.0. The van der Waals surface area contributed by atoms with Crippen LogP contribution in [0.4, 0.5) is 0 Å². The van der Waals surface area contributed by atoms with Crippen LogP contribution in [0.5, 0.6) is 0 Å². The highest BCUT2D eigenvalue weighted by Gasteiger charge is 2.39. The van der Waals surface area contributed by atoms with Gasteiger partial charge in [0.1, 0.15) is 0 Å². The Hall–Kier alpha value is -0.953. The molecular weight excluding hydrogens is 394 g/mol. The van der Waals surface area contributed by atoms with Gasteiger partial charge in [0.25, 0.3) is 0 Å². The first-order valence-corrected chi connectivity index (χ1v) is 13.4. The quantitative estimate of drug-likeness (QED) is 0.370. The zero-order chi connectivity index (χ0) is 21.4. The van der Waals surface area contributed by atoms with Crippen molar-refractivity contribution in [3.8, 4) is 0 Å². The van der Waals surface area contributed by atoms with Gasteiger partial charge in [0, 0.05) is 11.2 Å². The minimum atomic E-state index is -2.02. The molecule has 0 aliphatic carbocycles. The van der Waals surface area contributed by atoms with Crippen LogP contribution < -0.4 is 0 Å². The highest BCUT2D eigenvalue weighted by molar-refractivity contribution is 6.74. The molecule has 1 aromatic rings. The second kappa shape index (κ2) is 11.3. The van der Waals surface area contributed by atoms with Gasteiger partial charge in [0.15, 0.2) is 8.32 Å². The first-order valence-electron chi connectivity index (χ1n) is 10.1. The molecule has 28 heavy (non-hydrogen) atoms. The van der Waals surface area contributed by atoms with Crippen molar-refractivity contribution in [2.24, 2.45) is 5.92 Å². The van der Waals surface area contributed by atoms with Crippen LogP contribution in [0.25, 0.3) is 0 Å². The third-order valence-electron chi connectivity index (χ3n) is 5.34. The third-order valence-corrected chi connectivity index (χ3v) is 10.1. The summed E-state index contributed by atoms with van der Waals surface area (Å²) in [7, 11) is -2.02. The van der Waals surface area contributed by atoms with E-state index in [9.17, 15) is 9.90 Å². The molecule has 1 N–H and O–H groups in total. The van der Waals surface area contributed by atoms with Gasteiger partial charge in [-0.15, -0.1) is 0 Å². The molecule has 0 amide bonds. The number of ether oxygens (including phenoxy) is 1. The molecule has 0 radical (unpaired) electrons. The lowest BCUT2D eigenvalue weighted by Gasteiger charge is -2.39. The zero-order valence-electron chi connectivity index (χ0n) is 18.1. The second-order valence-corrected chi connectivity index (χ2v) is 13.9. The smallest absolute Gasteiger partial charge is 0.311 e. The molecular formula is C21H36ClNO4Si. The predicted octanol–water partition coefficient (Wildman–Crippen LogP) is 5.53. The summed E-state index contributed by atoms with van der Waals surface area (Å²) < 4.78 is 11.8. The maximum atomic E-state index is 12.0. The van der Waals surface area contributed by atoms with Crippen molar-refractivity contribution in [1.82, 2.24) is 4.98 Å². The number of aliphatic hydroxyl groups is 1. The first kappa shape index (κ1) is 25.1. The summed E-state index contributed by atoms with van der Waals surface area (Å²) in [5.74, 6) is -0.820. The maximum absolute atomic E-state index is 12.0. The first-order chi connectivity index (χ1) is 13.0. The molecule has 1 heterocycles. The van der Waals surface area contributed by atoms with Gasteiger partial charge in [-0.1, -0.05) is 39.3 Å². The van der Waals surface area contributed by atoms with E-state index in [0.717, 1.165) is 18.5 Å². The Bertz CT molecular complexity index is 619. The Labute approximate surface area is 175 Å². The number of rotatable bonds is 11. The van der Waals surface area contributed by atoms with Gasteiger partial charge in [-0.25, -0.2) is 0 Å². The normalized spacial score (nSPS) is 14.6. The molecule has 1 aromatic heterocycles. The Balaban J connectivity index is 2.85. The van der Waals surface area contributed by atoms with Gasteiger partial charge >= 0.3 is 5.97 Å². The van der Waals surface area contributed by atoms with E-state index in [1.165, 1.54) is 0 Å². The number of esters is 1. The number of aromatic nitrogens is 1. The number of pyridine rings is 1. The van der Waals surface area contributed by atoms with Crippen molar-refractivity contribution in [3.05, 3.63) is 29.0 Å². The molecule has 0 saturated carbocycles. The van der Waals surface area contributed by atoms with Gasteiger partial charge in [-0.3, -0.25) is 9.78 Å². The highest BCUT2D eigenvalue weighted by atomic mass is 35.5. The van der Waals surface area contributed by atoms with Gasteiger partial charge in [-0.2, -0.15) is 0 Å². The van der Waals surface area contributed by atoms with Gasteiger partial charge < -0.3 is 14.3 Å². The van der Waals surface area contributed by atoms with Gasteiger partial charge in [0.05, 0.1) is 30.9 Å². The van der Waals surface area contributed by atoms with Crippen LogP contribution in [0, 0.1) is 5.92 Å². The van der Waals surface area contributed by atoms with E-state index in [0.29, 0.717) is 24.5 Å². The van der Waals surface area contributed by atoms with Crippen LogP contribution in [-0.4, -0.2) is 37.6 Å². The van der Waals surface area contributed by atoms with E-state index in [1.54, 1.807) is 12.3 Å². The number of hydrogen-bond donors (Lipinski definition) is 1. The van der Waals surface area contributed by atoms with Crippen LogP contribution in [0.2, 0.25) is 23.2 Å². The van der Waals surface area contributed by atoms with Crippen molar-refractivity contribution in [2.75, 3.05) is 13.2 Å². The highest BCUT2D eigenvalue weighted by Crippen LogP contribution is 2.41. The van der Waals surface area contributed by atoms with Crippen molar-refractivity contribution in [1.29, 1.82) is 0 Å².